The van der Waals surface area contributed by atoms with Gasteiger partial charge in [0.1, 0.15) is 6.54 Å². The molecule has 6 nitrogen and oxygen atoms in total. The molecule has 2 aromatic carbocycles. The Morgan fingerprint density at radius 1 is 1.18 bits per heavy atom. The van der Waals surface area contributed by atoms with Gasteiger partial charge in [-0.1, -0.05) is 30.3 Å². The zero-order chi connectivity index (χ0) is 19.7. The first-order chi connectivity index (χ1) is 13.5. The number of nitrogens with zero attached hydrogens (tertiary/aromatic N) is 1. The van der Waals surface area contributed by atoms with Gasteiger partial charge in [-0.3, -0.25) is 19.3 Å². The molecule has 0 spiro atoms. The van der Waals surface area contributed by atoms with Crippen molar-refractivity contribution in [3.8, 4) is 0 Å². The summed E-state index contributed by atoms with van der Waals surface area (Å²) in [5, 5.41) is 0.785. The molecule has 0 bridgehead atoms. The van der Waals surface area contributed by atoms with Crippen molar-refractivity contribution in [2.75, 3.05) is 17.2 Å². The highest BCUT2D eigenvalue weighted by atomic mass is 32.2. The van der Waals surface area contributed by atoms with Gasteiger partial charge < -0.3 is 9.72 Å². The number of Topliss-reactive ketones (excluding diaryl/α,β-unsaturated/α-hetero) is 1. The molecule has 1 aliphatic rings. The number of rotatable bonds is 5. The number of anilines is 1. The van der Waals surface area contributed by atoms with E-state index in [-0.39, 0.29) is 24.0 Å². The minimum atomic E-state index is -0.948. The summed E-state index contributed by atoms with van der Waals surface area (Å²) in [5.41, 5.74) is 2.01. The van der Waals surface area contributed by atoms with Gasteiger partial charge in [-0.15, -0.1) is 11.8 Å². The topological polar surface area (TPSA) is 79.5 Å². The van der Waals surface area contributed by atoms with Gasteiger partial charge in [0.2, 0.25) is 11.7 Å². The van der Waals surface area contributed by atoms with Gasteiger partial charge in [0.05, 0.1) is 11.4 Å². The monoisotopic (exact) mass is 394 g/mol. The molecule has 4 rings (SSSR count). The Morgan fingerprint density at radius 2 is 1.93 bits per heavy atom. The second kappa shape index (κ2) is 7.52. The highest BCUT2D eigenvalue weighted by Gasteiger charge is 2.28. The molecule has 2 heterocycles. The van der Waals surface area contributed by atoms with Crippen LogP contribution in [0.15, 0.2) is 59.6 Å². The number of esters is 1. The molecule has 1 amide bonds. The average Bonchev–Trinajstić information content (AvgIpc) is 3.13. The minimum Gasteiger partial charge on any atom is -0.453 e. The number of nitrogens with one attached hydrogen (secondary N) is 1. The lowest BCUT2D eigenvalue weighted by molar-refractivity contribution is -0.145. The molecular formula is C21H18N2O4S. The summed E-state index contributed by atoms with van der Waals surface area (Å²) in [7, 11) is 0. The molecule has 0 aliphatic carbocycles. The first-order valence-electron chi connectivity index (χ1n) is 8.86. The third kappa shape index (κ3) is 3.41. The number of fused-ring (bicyclic) bond motifs is 2. The maximum Gasteiger partial charge on any atom is 0.326 e. The van der Waals surface area contributed by atoms with Crippen LogP contribution in [0, 0.1) is 0 Å². The lowest BCUT2D eigenvalue weighted by Gasteiger charge is -2.28. The molecule has 142 valence electrons. The van der Waals surface area contributed by atoms with Crippen LogP contribution in [0.1, 0.15) is 17.3 Å². The molecule has 0 fully saturated rings. The van der Waals surface area contributed by atoms with Crippen LogP contribution in [0.2, 0.25) is 0 Å². The van der Waals surface area contributed by atoms with Crippen LogP contribution < -0.4 is 4.90 Å². The number of hydrogen-bond acceptors (Lipinski definition) is 5. The molecule has 1 N–H and O–H groups in total. The van der Waals surface area contributed by atoms with E-state index in [1.165, 1.54) is 16.7 Å². The van der Waals surface area contributed by atoms with E-state index in [1.54, 1.807) is 19.2 Å². The van der Waals surface area contributed by atoms with E-state index in [9.17, 15) is 14.4 Å². The van der Waals surface area contributed by atoms with Gasteiger partial charge in [0, 0.05) is 27.6 Å². The maximum atomic E-state index is 12.7. The van der Waals surface area contributed by atoms with Gasteiger partial charge in [0.15, 0.2) is 6.10 Å². The van der Waals surface area contributed by atoms with Crippen LogP contribution in [0.3, 0.4) is 0 Å². The van der Waals surface area contributed by atoms with E-state index in [4.69, 9.17) is 4.74 Å². The average molecular weight is 394 g/mol. The van der Waals surface area contributed by atoms with Gasteiger partial charge in [-0.05, 0) is 25.1 Å². The van der Waals surface area contributed by atoms with Crippen LogP contribution in [0.5, 0.6) is 0 Å². The van der Waals surface area contributed by atoms with Crippen LogP contribution in [0.4, 0.5) is 5.69 Å². The molecule has 3 aromatic rings. The van der Waals surface area contributed by atoms with E-state index >= 15 is 0 Å². The number of carbonyl (C=O) groups is 3. The van der Waals surface area contributed by atoms with Crippen LogP contribution >= 0.6 is 11.8 Å². The highest BCUT2D eigenvalue weighted by molar-refractivity contribution is 8.00. The van der Waals surface area contributed by atoms with Crippen molar-refractivity contribution in [1.82, 2.24) is 4.98 Å². The van der Waals surface area contributed by atoms with Crippen molar-refractivity contribution >= 4 is 46.0 Å². The molecule has 1 atom stereocenters. The summed E-state index contributed by atoms with van der Waals surface area (Å²) in [4.78, 5) is 42.8. The number of benzene rings is 2. The summed E-state index contributed by atoms with van der Waals surface area (Å²) in [6.07, 6.45) is 0.676. The number of carbonyl (C=O) groups excluding carboxylic acids is 3. The van der Waals surface area contributed by atoms with Crippen molar-refractivity contribution in [2.24, 2.45) is 0 Å². The van der Waals surface area contributed by atoms with Crippen LogP contribution in [0.25, 0.3) is 10.9 Å². The van der Waals surface area contributed by atoms with Crippen LogP contribution in [-0.4, -0.2) is 41.0 Å². The Kier molecular flexibility index (Phi) is 4.92. The maximum absolute atomic E-state index is 12.7. The fraction of sp³-hybridized carbons (Fsp3) is 0.190. The summed E-state index contributed by atoms with van der Waals surface area (Å²) in [6.45, 7) is 1.33. The number of ketones is 1. The zero-order valence-electron chi connectivity index (χ0n) is 15.2. The number of ether oxygens (including phenoxy) is 1. The smallest absolute Gasteiger partial charge is 0.326 e. The fourth-order valence-corrected chi connectivity index (χ4v) is 4.17. The molecule has 0 saturated carbocycles. The number of H-pyrrole nitrogens is 1. The Hall–Kier alpha value is -3.06. The Balaban J connectivity index is 1.46. The van der Waals surface area contributed by atoms with E-state index < -0.39 is 12.1 Å². The molecular weight excluding hydrogens is 376 g/mol. The fourth-order valence-electron chi connectivity index (χ4n) is 3.24. The van der Waals surface area contributed by atoms with Gasteiger partial charge >= 0.3 is 5.97 Å². The number of hydrogen-bond donors (Lipinski definition) is 1. The van der Waals surface area contributed by atoms with Crippen molar-refractivity contribution in [3.05, 3.63) is 60.3 Å². The van der Waals surface area contributed by atoms with E-state index in [0.29, 0.717) is 11.3 Å². The second-order valence-electron chi connectivity index (χ2n) is 6.48. The highest BCUT2D eigenvalue weighted by Crippen LogP contribution is 2.34. The molecule has 1 aromatic heterocycles. The second-order valence-corrected chi connectivity index (χ2v) is 7.50. The van der Waals surface area contributed by atoms with E-state index in [0.717, 1.165) is 15.8 Å². The van der Waals surface area contributed by atoms with Crippen molar-refractivity contribution in [2.45, 2.75) is 17.9 Å². The largest absolute Gasteiger partial charge is 0.453 e. The Bertz CT molecular complexity index is 1070. The molecule has 0 unspecified atom stereocenters. The van der Waals surface area contributed by atoms with Crippen LogP contribution in [-0.2, 0) is 14.3 Å². The van der Waals surface area contributed by atoms with Crippen molar-refractivity contribution < 1.29 is 19.1 Å². The summed E-state index contributed by atoms with van der Waals surface area (Å²) < 4.78 is 5.35. The van der Waals surface area contributed by atoms with Crippen molar-refractivity contribution in [1.29, 1.82) is 0 Å². The Labute approximate surface area is 165 Å². The number of aromatic nitrogens is 1. The SMILES string of the molecule is C[C@H](OC(=O)CN1C(=O)CSc2ccccc21)C(=O)c1c[nH]c2ccccc12. The quantitative estimate of drug-likeness (QED) is 0.530. The standard InChI is InChI=1S/C21H18N2O4S/c1-13(21(26)15-10-22-16-7-3-2-6-14(15)16)27-20(25)11-23-17-8-4-5-9-18(17)28-12-19(23)24/h2-10,13,22H,11-12H2,1H3/t13-/m0/s1. The molecule has 0 radical (unpaired) electrons. The number of amides is 1. The third-order valence-corrected chi connectivity index (χ3v) is 5.68. The third-order valence-electron chi connectivity index (χ3n) is 4.63. The summed E-state index contributed by atoms with van der Waals surface area (Å²) in [5.74, 6) is -0.785. The molecule has 0 saturated heterocycles. The lowest BCUT2D eigenvalue weighted by Crippen LogP contribution is -2.41. The predicted octanol–water partition coefficient (Wildman–Crippen LogP) is 3.42. The first kappa shape index (κ1) is 18.3. The van der Waals surface area contributed by atoms with Gasteiger partial charge in [0.25, 0.3) is 0 Å². The first-order valence-corrected chi connectivity index (χ1v) is 9.85. The van der Waals surface area contributed by atoms with E-state index in [2.05, 4.69) is 4.98 Å². The molecule has 28 heavy (non-hydrogen) atoms. The summed E-state index contributed by atoms with van der Waals surface area (Å²) in [6, 6.07) is 14.9. The van der Waals surface area contributed by atoms with E-state index in [1.807, 2.05) is 42.5 Å². The molecule has 7 heteroatoms. The normalized spacial score (nSPS) is 14.6. The van der Waals surface area contributed by atoms with Crippen molar-refractivity contribution in [3.63, 3.8) is 0 Å². The number of aromatic amines is 1. The van der Waals surface area contributed by atoms with Gasteiger partial charge in [-0.2, -0.15) is 0 Å². The lowest BCUT2D eigenvalue weighted by atomic mass is 10.1. The van der Waals surface area contributed by atoms with Gasteiger partial charge in [-0.25, -0.2) is 0 Å². The summed E-state index contributed by atoms with van der Waals surface area (Å²) >= 11 is 1.44. The minimum absolute atomic E-state index is 0.156. The Morgan fingerprint density at radius 3 is 2.79 bits per heavy atom. The predicted molar refractivity (Wildman–Crippen MR) is 108 cm³/mol. The number of para-hydroxylation sites is 2. The zero-order valence-corrected chi connectivity index (χ0v) is 16.0. The molecule has 1 aliphatic heterocycles. The number of thioether (sulfide) groups is 1.